The first-order chi connectivity index (χ1) is 29.1. The molecule has 0 aromatic heterocycles. The number of epoxide rings is 1. The molecule has 0 unspecified atom stereocenters. The Labute approximate surface area is 353 Å². The molecule has 1 aliphatic rings. The van der Waals surface area contributed by atoms with Crippen molar-refractivity contribution in [2.45, 2.75) is 20.8 Å². The van der Waals surface area contributed by atoms with E-state index in [0.717, 1.165) is 68.8 Å². The molecular formula is C51H52NO7P. The Kier molecular flexibility index (Phi) is 16.9. The lowest BCUT2D eigenvalue weighted by Crippen LogP contribution is -2.07. The summed E-state index contributed by atoms with van der Waals surface area (Å²) in [5.74, 6) is 1.48. The summed E-state index contributed by atoms with van der Waals surface area (Å²) in [6.45, 7) is 12.3. The van der Waals surface area contributed by atoms with Crippen molar-refractivity contribution in [3.8, 4) is 56.4 Å². The molecule has 7 aromatic rings. The average molecular weight is 822 g/mol. The molecule has 1 heterocycles. The van der Waals surface area contributed by atoms with Crippen molar-refractivity contribution in [1.82, 2.24) is 0 Å². The summed E-state index contributed by atoms with van der Waals surface area (Å²) in [5.41, 5.74) is 15.1. The van der Waals surface area contributed by atoms with Crippen LogP contribution in [0.5, 0.6) is 23.0 Å². The molecule has 0 amide bonds. The minimum atomic E-state index is -3.93. The van der Waals surface area contributed by atoms with Crippen LogP contribution < -0.4 is 19.3 Å². The maximum Gasteiger partial charge on any atom is 0.647 e. The quantitative estimate of drug-likeness (QED) is 0.0870. The Morgan fingerprint density at radius 2 is 0.933 bits per heavy atom. The van der Waals surface area contributed by atoms with E-state index in [1.807, 2.05) is 118 Å². The van der Waals surface area contributed by atoms with Crippen LogP contribution in [0.3, 0.4) is 0 Å². The van der Waals surface area contributed by atoms with Crippen molar-refractivity contribution in [2.75, 3.05) is 26.4 Å². The highest BCUT2D eigenvalue weighted by atomic mass is 31.2. The maximum atomic E-state index is 13.3. The fourth-order valence-corrected chi connectivity index (χ4v) is 7.04. The van der Waals surface area contributed by atoms with Crippen molar-refractivity contribution >= 4 is 13.9 Å². The monoisotopic (exact) mass is 821 g/mol. The van der Waals surface area contributed by atoms with Crippen molar-refractivity contribution in [3.05, 3.63) is 199 Å². The minimum absolute atomic E-state index is 0.0972. The molecule has 0 bridgehead atoms. The standard InChI is InChI=1S/C26H20O.C21H21O4P.C2H7NO.C2H4O/c1-2-22-24(27)18-23(19-12-6-3-7-13-19)26(21-16-10-5-11-17-21)25(22)20-14-8-4-9-15-20;1-16-4-10-19(11-5-16)23-26(22,24-20-12-6-17(2)7-13-20)25-21-14-8-18(3)9-15-21;3-1-2-4;1-2-3-1/h2-18,27H,1H2;4-15H,1-3H3;4H,1-3H2;1-2H2. The third-order valence-corrected chi connectivity index (χ3v) is 10.1. The lowest BCUT2D eigenvalue weighted by molar-refractivity contribution is 0.298. The van der Waals surface area contributed by atoms with Gasteiger partial charge in [0.05, 0.1) is 19.8 Å². The summed E-state index contributed by atoms with van der Waals surface area (Å²) in [5, 5.41) is 18.5. The van der Waals surface area contributed by atoms with Gasteiger partial charge in [-0.3, -0.25) is 0 Å². The van der Waals surface area contributed by atoms with E-state index in [1.54, 1.807) is 42.5 Å². The minimum Gasteiger partial charge on any atom is -0.507 e. The Bertz CT molecular complexity index is 2280. The number of phosphoric acid groups is 1. The summed E-state index contributed by atoms with van der Waals surface area (Å²) in [6.07, 6.45) is 1.74. The largest absolute Gasteiger partial charge is 0.647 e. The third-order valence-electron chi connectivity index (χ3n) is 8.81. The third kappa shape index (κ3) is 13.6. The number of hydrogen-bond donors (Lipinski definition) is 3. The summed E-state index contributed by atoms with van der Waals surface area (Å²) in [7, 11) is -3.93. The molecule has 1 aliphatic heterocycles. The molecule has 0 aliphatic carbocycles. The molecular weight excluding hydrogens is 770 g/mol. The highest BCUT2D eigenvalue weighted by molar-refractivity contribution is 7.49. The van der Waals surface area contributed by atoms with Gasteiger partial charge in [-0.05, 0) is 91.1 Å². The number of phenolic OH excluding ortho intramolecular Hbond substituents is 1. The summed E-state index contributed by atoms with van der Waals surface area (Å²) >= 11 is 0. The maximum absolute atomic E-state index is 13.3. The van der Waals surface area contributed by atoms with E-state index in [9.17, 15) is 9.67 Å². The van der Waals surface area contributed by atoms with Crippen LogP contribution in [-0.2, 0) is 9.30 Å². The number of hydrogen-bond acceptors (Lipinski definition) is 8. The van der Waals surface area contributed by atoms with Gasteiger partial charge in [0.15, 0.2) is 0 Å². The van der Waals surface area contributed by atoms with E-state index >= 15 is 0 Å². The Balaban J connectivity index is 0.000000196. The van der Waals surface area contributed by atoms with Crippen molar-refractivity contribution in [3.63, 3.8) is 0 Å². The van der Waals surface area contributed by atoms with Crippen LogP contribution in [0.1, 0.15) is 22.3 Å². The Hall–Kier alpha value is -6.41. The number of aryl methyl sites for hydroxylation is 3. The van der Waals surface area contributed by atoms with E-state index in [4.69, 9.17) is 24.4 Å². The molecule has 1 saturated heterocycles. The number of aliphatic hydroxyl groups excluding tert-OH is 1. The van der Waals surface area contributed by atoms with Gasteiger partial charge in [0, 0.05) is 17.7 Å². The van der Waals surface area contributed by atoms with Gasteiger partial charge in [0.2, 0.25) is 0 Å². The smallest absolute Gasteiger partial charge is 0.507 e. The molecule has 1 fully saturated rings. The first kappa shape index (κ1) is 44.7. The zero-order valence-corrected chi connectivity index (χ0v) is 35.1. The number of aromatic hydroxyl groups is 1. The second-order valence-corrected chi connectivity index (χ2v) is 15.1. The second kappa shape index (κ2) is 22.7. The summed E-state index contributed by atoms with van der Waals surface area (Å²) in [4.78, 5) is 0. The summed E-state index contributed by atoms with van der Waals surface area (Å²) < 4.78 is 34.7. The van der Waals surface area contributed by atoms with Gasteiger partial charge in [-0.15, -0.1) is 0 Å². The molecule has 0 saturated carbocycles. The number of phosphoric ester groups is 1. The zero-order valence-electron chi connectivity index (χ0n) is 34.2. The molecule has 0 atom stereocenters. The van der Waals surface area contributed by atoms with Crippen LogP contribution in [0.15, 0.2) is 176 Å². The Morgan fingerprint density at radius 3 is 1.25 bits per heavy atom. The number of aliphatic hydroxyl groups is 1. The summed E-state index contributed by atoms with van der Waals surface area (Å²) in [6, 6.07) is 54.2. The van der Waals surface area contributed by atoms with Crippen molar-refractivity contribution in [2.24, 2.45) is 5.73 Å². The molecule has 8 nitrogen and oxygen atoms in total. The number of nitrogens with two attached hydrogens (primary N) is 1. The van der Waals surface area contributed by atoms with Gasteiger partial charge >= 0.3 is 7.82 Å². The predicted molar refractivity (Wildman–Crippen MR) is 244 cm³/mol. The highest BCUT2D eigenvalue weighted by Crippen LogP contribution is 2.50. The van der Waals surface area contributed by atoms with Crippen LogP contribution in [0.2, 0.25) is 0 Å². The van der Waals surface area contributed by atoms with Crippen molar-refractivity contribution in [1.29, 1.82) is 0 Å². The first-order valence-corrected chi connectivity index (χ1v) is 21.0. The topological polar surface area (TPSA) is 124 Å². The van der Waals surface area contributed by atoms with E-state index < -0.39 is 7.82 Å². The Morgan fingerprint density at radius 1 is 0.600 bits per heavy atom. The molecule has 0 spiro atoms. The van der Waals surface area contributed by atoms with E-state index in [2.05, 4.69) is 47.7 Å². The number of rotatable bonds is 11. The van der Waals surface area contributed by atoms with Crippen LogP contribution >= 0.6 is 7.82 Å². The number of phenols is 1. The SMILES string of the molecule is C1CO1.C=Cc1c(O)cc(-c2ccccc2)c(-c2ccccc2)c1-c1ccccc1.Cc1ccc(OP(=O)(Oc2ccc(C)cc2)Oc2ccc(C)cc2)cc1.NCCO. The lowest BCUT2D eigenvalue weighted by atomic mass is 9.84. The molecule has 4 N–H and O–H groups in total. The average Bonchev–Trinajstić information content (AvgIpc) is 4.18. The van der Waals surface area contributed by atoms with Crippen LogP contribution in [-0.4, -0.2) is 36.6 Å². The van der Waals surface area contributed by atoms with E-state index in [0.29, 0.717) is 23.8 Å². The van der Waals surface area contributed by atoms with Gasteiger partial charge in [0.1, 0.15) is 23.0 Å². The van der Waals surface area contributed by atoms with E-state index in [-0.39, 0.29) is 12.4 Å². The van der Waals surface area contributed by atoms with Gasteiger partial charge in [0.25, 0.3) is 0 Å². The van der Waals surface area contributed by atoms with Gasteiger partial charge in [-0.1, -0.05) is 157 Å². The molecule has 0 radical (unpaired) electrons. The second-order valence-electron chi connectivity index (χ2n) is 13.7. The van der Waals surface area contributed by atoms with Gasteiger partial charge in [-0.2, -0.15) is 4.57 Å². The fraction of sp³-hybridized carbons (Fsp3) is 0.137. The normalized spacial score (nSPS) is 11.2. The zero-order chi connectivity index (χ0) is 42.7. The van der Waals surface area contributed by atoms with Gasteiger partial charge < -0.3 is 34.3 Å². The first-order valence-electron chi connectivity index (χ1n) is 19.6. The van der Waals surface area contributed by atoms with Crippen LogP contribution in [0.25, 0.3) is 39.5 Å². The molecule has 9 heteroatoms. The van der Waals surface area contributed by atoms with Crippen molar-refractivity contribution < 1.29 is 33.1 Å². The molecule has 7 aromatic carbocycles. The van der Waals surface area contributed by atoms with Crippen LogP contribution in [0, 0.1) is 20.8 Å². The molecule has 60 heavy (non-hydrogen) atoms. The molecule has 8 rings (SSSR count). The number of ether oxygens (including phenoxy) is 1. The predicted octanol–water partition coefficient (Wildman–Crippen LogP) is 12.2. The van der Waals surface area contributed by atoms with Crippen LogP contribution in [0.4, 0.5) is 0 Å². The highest BCUT2D eigenvalue weighted by Gasteiger charge is 2.33. The van der Waals surface area contributed by atoms with E-state index in [1.165, 1.54) is 0 Å². The number of benzene rings is 7. The van der Waals surface area contributed by atoms with Gasteiger partial charge in [-0.25, -0.2) is 0 Å². The lowest BCUT2D eigenvalue weighted by Gasteiger charge is -2.20. The fourth-order valence-electron chi connectivity index (χ4n) is 5.79. The molecule has 308 valence electrons.